The Morgan fingerprint density at radius 2 is 1.16 bits per heavy atom. The normalized spacial score (nSPS) is 49.7. The number of ketones is 1. The molecule has 0 saturated heterocycles. The first-order valence-electron chi connectivity index (χ1n) is 12.9. The number of carbonyl (C=O) groups excluding carboxylic acids is 1. The third-order valence-electron chi connectivity index (χ3n) is 11.6. The Kier molecular flexibility index (Phi) is 3.15. The molecule has 0 heterocycles. The molecule has 5 fully saturated rings. The molecule has 7 aliphatic carbocycles. The van der Waals surface area contributed by atoms with Gasteiger partial charge in [-0.05, 0) is 102 Å². The third-order valence-corrected chi connectivity index (χ3v) is 11.6. The van der Waals surface area contributed by atoms with Gasteiger partial charge < -0.3 is 0 Å². The summed E-state index contributed by atoms with van der Waals surface area (Å²) in [5.74, 6) is 6.26. The molecule has 8 unspecified atom stereocenters. The van der Waals surface area contributed by atoms with E-state index in [4.69, 9.17) is 0 Å². The quantitative estimate of drug-likeness (QED) is 0.524. The van der Waals surface area contributed by atoms with E-state index in [2.05, 4.69) is 61.5 Å². The Morgan fingerprint density at radius 3 is 1.74 bits per heavy atom. The summed E-state index contributed by atoms with van der Waals surface area (Å²) < 4.78 is 0. The smallest absolute Gasteiger partial charge is 0.173 e. The van der Waals surface area contributed by atoms with Crippen LogP contribution in [0.25, 0.3) is 0 Å². The summed E-state index contributed by atoms with van der Waals surface area (Å²) in [6.45, 7) is 2.67. The van der Waals surface area contributed by atoms with E-state index < -0.39 is 0 Å². The predicted molar refractivity (Wildman–Crippen MR) is 122 cm³/mol. The Labute approximate surface area is 185 Å². The molecule has 158 valence electrons. The Balaban J connectivity index is 1.49. The van der Waals surface area contributed by atoms with Crippen LogP contribution in [0.15, 0.2) is 54.6 Å². The minimum Gasteiger partial charge on any atom is -0.293 e. The standard InChI is InChI=1S/C30H32O/c1-29-22-9-5-6-10-23(22)30(28(31)17-7-3-2-4-8-17,26-20-13-11-18(15-20)24(26)29)27-21-14-12-19(16-21)25(27)29/h2-10,18-21,24-27H,11-16H2,1H3. The lowest BCUT2D eigenvalue weighted by atomic mass is 9.32. The van der Waals surface area contributed by atoms with Crippen molar-refractivity contribution in [3.8, 4) is 0 Å². The van der Waals surface area contributed by atoms with E-state index in [0.717, 1.165) is 41.1 Å². The second-order valence-corrected chi connectivity index (χ2v) is 12.2. The van der Waals surface area contributed by atoms with Crippen molar-refractivity contribution in [2.24, 2.45) is 47.3 Å². The first-order valence-corrected chi connectivity index (χ1v) is 12.9. The number of hydrogen-bond donors (Lipinski definition) is 0. The minimum atomic E-state index is -0.273. The highest BCUT2D eigenvalue weighted by Crippen LogP contribution is 2.81. The highest BCUT2D eigenvalue weighted by atomic mass is 16.1. The van der Waals surface area contributed by atoms with Crippen molar-refractivity contribution >= 4 is 5.78 Å². The molecule has 8 atom stereocenters. The molecule has 9 rings (SSSR count). The van der Waals surface area contributed by atoms with Crippen molar-refractivity contribution in [1.82, 2.24) is 0 Å². The molecule has 6 bridgehead atoms. The summed E-state index contributed by atoms with van der Waals surface area (Å²) in [7, 11) is 0. The van der Waals surface area contributed by atoms with Gasteiger partial charge in [0.05, 0.1) is 5.41 Å². The number of fused-ring (bicyclic) bond motifs is 4. The van der Waals surface area contributed by atoms with E-state index in [0.29, 0.717) is 17.6 Å². The van der Waals surface area contributed by atoms with Crippen LogP contribution < -0.4 is 0 Å². The van der Waals surface area contributed by atoms with Crippen LogP contribution in [0.3, 0.4) is 0 Å². The van der Waals surface area contributed by atoms with E-state index in [1.54, 1.807) is 5.56 Å². The molecule has 2 aromatic carbocycles. The van der Waals surface area contributed by atoms with Gasteiger partial charge in [0.1, 0.15) is 0 Å². The van der Waals surface area contributed by atoms with E-state index in [-0.39, 0.29) is 10.8 Å². The summed E-state index contributed by atoms with van der Waals surface area (Å²) in [5.41, 5.74) is 4.00. The molecule has 5 saturated carbocycles. The fraction of sp³-hybridized carbons (Fsp3) is 0.567. The van der Waals surface area contributed by atoms with Crippen LogP contribution in [0.4, 0.5) is 0 Å². The second-order valence-electron chi connectivity index (χ2n) is 12.2. The molecular weight excluding hydrogens is 376 g/mol. The Hall–Kier alpha value is -1.89. The zero-order valence-electron chi connectivity index (χ0n) is 18.5. The first kappa shape index (κ1) is 17.6. The van der Waals surface area contributed by atoms with Gasteiger partial charge in [-0.25, -0.2) is 0 Å². The highest BCUT2D eigenvalue weighted by molar-refractivity contribution is 6.06. The molecular formula is C30H32O. The number of carbonyl (C=O) groups is 1. The van der Waals surface area contributed by atoms with Gasteiger partial charge in [-0.1, -0.05) is 61.5 Å². The van der Waals surface area contributed by atoms with Crippen molar-refractivity contribution in [1.29, 1.82) is 0 Å². The third kappa shape index (κ3) is 1.73. The Bertz CT molecular complexity index is 1060. The molecule has 0 spiro atoms. The highest BCUT2D eigenvalue weighted by Gasteiger charge is 2.79. The number of benzene rings is 2. The predicted octanol–water partition coefficient (Wildman–Crippen LogP) is 6.42. The molecule has 7 aliphatic rings. The minimum absolute atomic E-state index is 0.273. The summed E-state index contributed by atoms with van der Waals surface area (Å²) >= 11 is 0. The van der Waals surface area contributed by atoms with E-state index >= 15 is 0 Å². The maximum atomic E-state index is 14.9. The van der Waals surface area contributed by atoms with Crippen LogP contribution in [-0.4, -0.2) is 5.78 Å². The van der Waals surface area contributed by atoms with Crippen molar-refractivity contribution in [3.63, 3.8) is 0 Å². The van der Waals surface area contributed by atoms with Gasteiger partial charge in [-0.15, -0.1) is 0 Å². The van der Waals surface area contributed by atoms with Gasteiger partial charge in [-0.2, -0.15) is 0 Å². The molecule has 1 heteroatoms. The number of hydrogen-bond acceptors (Lipinski definition) is 1. The topological polar surface area (TPSA) is 17.1 Å². The molecule has 31 heavy (non-hydrogen) atoms. The van der Waals surface area contributed by atoms with Gasteiger partial charge in [0, 0.05) is 5.56 Å². The summed E-state index contributed by atoms with van der Waals surface area (Å²) in [4.78, 5) is 14.9. The van der Waals surface area contributed by atoms with Gasteiger partial charge >= 0.3 is 0 Å². The molecule has 0 aromatic heterocycles. The van der Waals surface area contributed by atoms with Crippen LogP contribution in [0, 0.1) is 47.3 Å². The van der Waals surface area contributed by atoms with Crippen LogP contribution in [0.2, 0.25) is 0 Å². The fourth-order valence-corrected chi connectivity index (χ4v) is 11.3. The van der Waals surface area contributed by atoms with Gasteiger partial charge in [0.25, 0.3) is 0 Å². The number of rotatable bonds is 2. The van der Waals surface area contributed by atoms with Gasteiger partial charge in [0.15, 0.2) is 5.78 Å². The van der Waals surface area contributed by atoms with Crippen molar-refractivity contribution < 1.29 is 4.79 Å². The average molecular weight is 409 g/mol. The second kappa shape index (κ2) is 5.53. The lowest BCUT2D eigenvalue weighted by Crippen LogP contribution is -2.71. The largest absolute Gasteiger partial charge is 0.293 e. The zero-order valence-corrected chi connectivity index (χ0v) is 18.5. The molecule has 0 amide bonds. The average Bonchev–Trinajstić information content (AvgIpc) is 3.61. The number of Topliss-reactive ketones (excluding diaryl/α,β-unsaturated/α-hetero) is 1. The zero-order chi connectivity index (χ0) is 20.5. The Morgan fingerprint density at radius 1 is 0.677 bits per heavy atom. The maximum Gasteiger partial charge on any atom is 0.173 e. The summed E-state index contributed by atoms with van der Waals surface area (Å²) in [5, 5.41) is 0. The van der Waals surface area contributed by atoms with Crippen LogP contribution in [0.5, 0.6) is 0 Å². The first-order chi connectivity index (χ1) is 15.2. The summed E-state index contributed by atoms with van der Waals surface area (Å²) in [6, 6.07) is 19.7. The van der Waals surface area contributed by atoms with Crippen LogP contribution in [0.1, 0.15) is 66.9 Å². The van der Waals surface area contributed by atoms with Crippen molar-refractivity contribution in [2.45, 2.75) is 56.3 Å². The van der Waals surface area contributed by atoms with Crippen molar-refractivity contribution in [2.75, 3.05) is 0 Å². The van der Waals surface area contributed by atoms with Crippen LogP contribution >= 0.6 is 0 Å². The monoisotopic (exact) mass is 408 g/mol. The van der Waals surface area contributed by atoms with E-state index in [9.17, 15) is 4.79 Å². The molecule has 1 nitrogen and oxygen atoms in total. The lowest BCUT2D eigenvalue weighted by Gasteiger charge is -2.70. The molecule has 0 aliphatic heterocycles. The van der Waals surface area contributed by atoms with E-state index in [1.807, 2.05) is 0 Å². The molecule has 2 aromatic rings. The molecule has 0 radical (unpaired) electrons. The van der Waals surface area contributed by atoms with Gasteiger partial charge in [-0.3, -0.25) is 4.79 Å². The van der Waals surface area contributed by atoms with E-state index in [1.165, 1.54) is 44.1 Å². The van der Waals surface area contributed by atoms with Crippen molar-refractivity contribution in [3.05, 3.63) is 71.3 Å². The lowest BCUT2D eigenvalue weighted by molar-refractivity contribution is -0.108. The molecule has 0 N–H and O–H groups in total. The van der Waals surface area contributed by atoms with Crippen LogP contribution in [-0.2, 0) is 10.8 Å². The maximum absolute atomic E-state index is 14.9. The SMILES string of the molecule is CC12c3ccccc3C(C(=O)c3ccccc3)(C3C4CCC(C4)C31)C1C3CCC(C3)C12. The summed E-state index contributed by atoms with van der Waals surface area (Å²) in [6.07, 6.45) is 8.31. The fourth-order valence-electron chi connectivity index (χ4n) is 11.3. The van der Waals surface area contributed by atoms with Gasteiger partial charge in [0.2, 0.25) is 0 Å².